The number of nitrogens with zero attached hydrogens (tertiary/aromatic N) is 3. The van der Waals surface area contributed by atoms with Crippen LogP contribution < -0.4 is 0 Å². The molecule has 1 N–H and O–H groups in total. The van der Waals surface area contributed by atoms with E-state index in [4.69, 9.17) is 9.15 Å². The fourth-order valence-electron chi connectivity index (χ4n) is 4.04. The lowest BCUT2D eigenvalue weighted by molar-refractivity contribution is 0.00966. The molecule has 0 saturated carbocycles. The SMILES string of the molecule is Cc1cc(C(=O)N2CC[C@H]3OCC[C@@]3(c3nnc(C)o3)C2)c(C)[nH]1. The van der Waals surface area contributed by atoms with Crippen LogP contribution in [0.4, 0.5) is 0 Å². The van der Waals surface area contributed by atoms with Gasteiger partial charge in [0.1, 0.15) is 0 Å². The number of carbonyl (C=O) groups is 1. The summed E-state index contributed by atoms with van der Waals surface area (Å²) in [6.07, 6.45) is 1.62. The quantitative estimate of drug-likeness (QED) is 0.909. The van der Waals surface area contributed by atoms with Crippen LogP contribution in [0, 0.1) is 20.8 Å². The minimum atomic E-state index is -0.381. The number of nitrogens with one attached hydrogen (secondary N) is 1. The third-order valence-corrected chi connectivity index (χ3v) is 5.24. The van der Waals surface area contributed by atoms with E-state index in [1.807, 2.05) is 24.8 Å². The summed E-state index contributed by atoms with van der Waals surface area (Å²) in [5, 5.41) is 8.23. The van der Waals surface area contributed by atoms with Crippen LogP contribution in [-0.2, 0) is 10.2 Å². The number of hydrogen-bond acceptors (Lipinski definition) is 5. The topological polar surface area (TPSA) is 84.2 Å². The molecule has 2 aliphatic rings. The van der Waals surface area contributed by atoms with E-state index in [1.165, 1.54) is 0 Å². The highest BCUT2D eigenvalue weighted by atomic mass is 16.5. The lowest BCUT2D eigenvalue weighted by Gasteiger charge is -2.41. The highest BCUT2D eigenvalue weighted by Gasteiger charge is 2.53. The van der Waals surface area contributed by atoms with E-state index in [0.29, 0.717) is 31.5 Å². The van der Waals surface area contributed by atoms with Crippen LogP contribution in [0.3, 0.4) is 0 Å². The zero-order valence-corrected chi connectivity index (χ0v) is 14.3. The Kier molecular flexibility index (Phi) is 3.49. The van der Waals surface area contributed by atoms with Gasteiger partial charge in [0.2, 0.25) is 11.8 Å². The number of amides is 1. The predicted molar refractivity (Wildman–Crippen MR) is 85.9 cm³/mol. The molecule has 2 aromatic heterocycles. The average molecular weight is 330 g/mol. The summed E-state index contributed by atoms with van der Waals surface area (Å²) in [4.78, 5) is 18.1. The summed E-state index contributed by atoms with van der Waals surface area (Å²) < 4.78 is 11.7. The van der Waals surface area contributed by atoms with Crippen LogP contribution in [0.25, 0.3) is 0 Å². The van der Waals surface area contributed by atoms with Gasteiger partial charge in [0, 0.05) is 38.0 Å². The molecule has 0 aromatic carbocycles. The van der Waals surface area contributed by atoms with E-state index in [1.54, 1.807) is 6.92 Å². The maximum atomic E-state index is 13.0. The Morgan fingerprint density at radius 1 is 1.38 bits per heavy atom. The lowest BCUT2D eigenvalue weighted by Crippen LogP contribution is -2.54. The van der Waals surface area contributed by atoms with Crippen molar-refractivity contribution in [3.8, 4) is 0 Å². The van der Waals surface area contributed by atoms with Crippen LogP contribution in [-0.4, -0.2) is 51.8 Å². The normalized spacial score (nSPS) is 26.6. The van der Waals surface area contributed by atoms with Crippen molar-refractivity contribution in [2.24, 2.45) is 0 Å². The Labute approximate surface area is 140 Å². The Morgan fingerprint density at radius 2 is 2.21 bits per heavy atom. The minimum absolute atomic E-state index is 0.0375. The summed E-state index contributed by atoms with van der Waals surface area (Å²) in [6.45, 7) is 7.59. The summed E-state index contributed by atoms with van der Waals surface area (Å²) in [7, 11) is 0. The number of aromatic amines is 1. The second kappa shape index (κ2) is 5.44. The van der Waals surface area contributed by atoms with Gasteiger partial charge >= 0.3 is 0 Å². The van der Waals surface area contributed by atoms with Crippen LogP contribution in [0.15, 0.2) is 10.5 Å². The number of rotatable bonds is 2. The first-order valence-corrected chi connectivity index (χ1v) is 8.37. The van der Waals surface area contributed by atoms with Gasteiger partial charge in [0.25, 0.3) is 5.91 Å². The van der Waals surface area contributed by atoms with Gasteiger partial charge in [-0.25, -0.2) is 0 Å². The number of piperidine rings is 1. The molecule has 0 spiro atoms. The molecule has 0 bridgehead atoms. The van der Waals surface area contributed by atoms with Crippen molar-refractivity contribution in [1.29, 1.82) is 0 Å². The van der Waals surface area contributed by atoms with Crippen LogP contribution in [0.1, 0.15) is 46.4 Å². The number of ether oxygens (including phenoxy) is 1. The van der Waals surface area contributed by atoms with Gasteiger partial charge in [-0.1, -0.05) is 0 Å². The molecule has 2 aliphatic heterocycles. The molecule has 0 radical (unpaired) electrons. The van der Waals surface area contributed by atoms with Gasteiger partial charge in [-0.15, -0.1) is 10.2 Å². The third-order valence-electron chi connectivity index (χ3n) is 5.24. The Balaban J connectivity index is 1.66. The summed E-state index contributed by atoms with van der Waals surface area (Å²) in [5.74, 6) is 1.20. The largest absolute Gasteiger partial charge is 0.425 e. The number of aryl methyl sites for hydroxylation is 3. The van der Waals surface area contributed by atoms with Crippen LogP contribution in [0.2, 0.25) is 0 Å². The second-order valence-electron chi connectivity index (χ2n) is 6.90. The Bertz CT molecular complexity index is 781. The van der Waals surface area contributed by atoms with Crippen molar-refractivity contribution in [3.63, 3.8) is 0 Å². The first kappa shape index (κ1) is 15.4. The highest BCUT2D eigenvalue weighted by molar-refractivity contribution is 5.95. The number of likely N-dealkylation sites (tertiary alicyclic amines) is 1. The zero-order chi connectivity index (χ0) is 16.9. The summed E-state index contributed by atoms with van der Waals surface area (Å²) >= 11 is 0. The number of H-pyrrole nitrogens is 1. The molecule has 128 valence electrons. The summed E-state index contributed by atoms with van der Waals surface area (Å²) in [6, 6.07) is 1.92. The maximum absolute atomic E-state index is 13.0. The van der Waals surface area contributed by atoms with Crippen molar-refractivity contribution < 1.29 is 13.9 Å². The minimum Gasteiger partial charge on any atom is -0.425 e. The van der Waals surface area contributed by atoms with Gasteiger partial charge < -0.3 is 19.0 Å². The van der Waals surface area contributed by atoms with E-state index in [-0.39, 0.29) is 17.4 Å². The van der Waals surface area contributed by atoms with E-state index in [9.17, 15) is 4.79 Å². The first-order chi connectivity index (χ1) is 11.5. The van der Waals surface area contributed by atoms with Gasteiger partial charge in [0.05, 0.1) is 17.1 Å². The van der Waals surface area contributed by atoms with E-state index in [0.717, 1.165) is 29.8 Å². The molecule has 7 nitrogen and oxygen atoms in total. The number of fused-ring (bicyclic) bond motifs is 1. The standard InChI is InChI=1S/C17H22N4O3/c1-10-8-13(11(2)18-10)15(22)21-6-4-14-17(9-21,5-7-23-14)16-20-19-12(3)24-16/h8,14,18H,4-7,9H2,1-3H3/t14-,17-/m1/s1. The van der Waals surface area contributed by atoms with Crippen molar-refractivity contribution in [3.05, 3.63) is 34.8 Å². The Morgan fingerprint density at radius 3 is 2.88 bits per heavy atom. The van der Waals surface area contributed by atoms with Crippen LogP contribution in [0.5, 0.6) is 0 Å². The Hall–Kier alpha value is -2.15. The van der Waals surface area contributed by atoms with E-state index >= 15 is 0 Å². The molecule has 2 atom stereocenters. The van der Waals surface area contributed by atoms with Gasteiger partial charge in [0.15, 0.2) is 0 Å². The average Bonchev–Trinajstić information content (AvgIpc) is 3.24. The molecular formula is C17H22N4O3. The van der Waals surface area contributed by atoms with Crippen molar-refractivity contribution in [2.45, 2.75) is 45.1 Å². The van der Waals surface area contributed by atoms with Crippen LogP contribution >= 0.6 is 0 Å². The molecular weight excluding hydrogens is 308 g/mol. The molecule has 2 aromatic rings. The second-order valence-corrected chi connectivity index (χ2v) is 6.90. The molecule has 4 rings (SSSR count). The molecule has 2 saturated heterocycles. The zero-order valence-electron chi connectivity index (χ0n) is 14.3. The molecule has 1 amide bonds. The van der Waals surface area contributed by atoms with Crippen molar-refractivity contribution in [2.75, 3.05) is 19.7 Å². The lowest BCUT2D eigenvalue weighted by atomic mass is 9.76. The van der Waals surface area contributed by atoms with E-state index in [2.05, 4.69) is 15.2 Å². The number of carbonyl (C=O) groups excluding carboxylic acids is 1. The number of aromatic nitrogens is 3. The summed E-state index contributed by atoms with van der Waals surface area (Å²) in [5.41, 5.74) is 2.26. The number of hydrogen-bond donors (Lipinski definition) is 1. The molecule has 0 aliphatic carbocycles. The fourth-order valence-corrected chi connectivity index (χ4v) is 4.04. The predicted octanol–water partition coefficient (Wildman–Crippen LogP) is 1.90. The van der Waals surface area contributed by atoms with Gasteiger partial charge in [-0.3, -0.25) is 4.79 Å². The fraction of sp³-hybridized carbons (Fsp3) is 0.588. The van der Waals surface area contributed by atoms with Crippen molar-refractivity contribution >= 4 is 5.91 Å². The van der Waals surface area contributed by atoms with Gasteiger partial charge in [-0.05, 0) is 32.8 Å². The molecule has 24 heavy (non-hydrogen) atoms. The highest BCUT2D eigenvalue weighted by Crippen LogP contribution is 2.43. The molecule has 0 unspecified atom stereocenters. The molecule has 4 heterocycles. The molecule has 7 heteroatoms. The van der Waals surface area contributed by atoms with Gasteiger partial charge in [-0.2, -0.15) is 0 Å². The first-order valence-electron chi connectivity index (χ1n) is 8.37. The van der Waals surface area contributed by atoms with Crippen molar-refractivity contribution in [1.82, 2.24) is 20.1 Å². The third kappa shape index (κ3) is 2.26. The monoisotopic (exact) mass is 330 g/mol. The molecule has 2 fully saturated rings. The maximum Gasteiger partial charge on any atom is 0.255 e. The van der Waals surface area contributed by atoms with E-state index < -0.39 is 0 Å². The smallest absolute Gasteiger partial charge is 0.255 e.